The van der Waals surface area contributed by atoms with Crippen LogP contribution in [0.2, 0.25) is 0 Å². The first kappa shape index (κ1) is 16.3. The highest BCUT2D eigenvalue weighted by atomic mass is 16.3. The number of aliphatic hydroxyl groups excluding tert-OH is 1. The topological polar surface area (TPSA) is 58.4 Å². The zero-order valence-electron chi connectivity index (χ0n) is 14.6. The van der Waals surface area contributed by atoms with Gasteiger partial charge in [0.2, 0.25) is 0 Å². The van der Waals surface area contributed by atoms with Gasteiger partial charge in [-0.1, -0.05) is 37.3 Å². The van der Waals surface area contributed by atoms with Crippen molar-refractivity contribution in [3.05, 3.63) is 53.9 Å². The minimum absolute atomic E-state index is 0.0654. The number of benzene rings is 1. The van der Waals surface area contributed by atoms with E-state index in [1.807, 2.05) is 34.0 Å². The van der Waals surface area contributed by atoms with Crippen molar-refractivity contribution in [3.8, 4) is 0 Å². The first-order chi connectivity index (χ1) is 12.2. The van der Waals surface area contributed by atoms with Gasteiger partial charge in [0, 0.05) is 23.7 Å². The summed E-state index contributed by atoms with van der Waals surface area (Å²) in [5, 5.41) is 14.3. The Bertz CT molecular complexity index is 751. The lowest BCUT2D eigenvalue weighted by atomic mass is 9.72. The van der Waals surface area contributed by atoms with Crippen molar-refractivity contribution in [2.75, 3.05) is 6.61 Å². The van der Waals surface area contributed by atoms with Gasteiger partial charge in [-0.2, -0.15) is 5.10 Å². The molecule has 5 heteroatoms. The van der Waals surface area contributed by atoms with Gasteiger partial charge in [-0.3, -0.25) is 9.48 Å². The standard InChI is InChI=1S/C20H25N3O2/c1-2-20(14-24)10-17-8-9-18(20)23(17)19(25)16-11-21-22(13-16)12-15-6-4-3-5-7-15/h3-7,11,13,17-18,24H,2,8-10,12,14H2,1H3/t17-,18+,20-/m0/s1. The number of nitrogens with zero attached hydrogens (tertiary/aromatic N) is 3. The second-order valence-corrected chi connectivity index (χ2v) is 7.45. The number of hydrogen-bond donors (Lipinski definition) is 1. The van der Waals surface area contributed by atoms with Gasteiger partial charge in [0.05, 0.1) is 24.9 Å². The van der Waals surface area contributed by atoms with Crippen LogP contribution in [0.25, 0.3) is 0 Å². The van der Waals surface area contributed by atoms with Crippen molar-refractivity contribution in [2.24, 2.45) is 5.41 Å². The Morgan fingerprint density at radius 2 is 2.12 bits per heavy atom. The Hall–Kier alpha value is -2.14. The fourth-order valence-corrected chi connectivity index (χ4v) is 4.74. The van der Waals surface area contributed by atoms with Crippen molar-refractivity contribution in [2.45, 2.75) is 51.2 Å². The highest BCUT2D eigenvalue weighted by molar-refractivity contribution is 5.94. The number of hydrogen-bond acceptors (Lipinski definition) is 3. The zero-order valence-corrected chi connectivity index (χ0v) is 14.6. The molecule has 0 saturated carbocycles. The Morgan fingerprint density at radius 3 is 2.80 bits per heavy atom. The summed E-state index contributed by atoms with van der Waals surface area (Å²) in [5.41, 5.74) is 1.70. The smallest absolute Gasteiger partial charge is 0.257 e. The molecule has 0 radical (unpaired) electrons. The summed E-state index contributed by atoms with van der Waals surface area (Å²) >= 11 is 0. The first-order valence-electron chi connectivity index (χ1n) is 9.17. The summed E-state index contributed by atoms with van der Waals surface area (Å²) in [7, 11) is 0. The minimum Gasteiger partial charge on any atom is -0.396 e. The maximum absolute atomic E-state index is 13.1. The molecule has 1 amide bonds. The van der Waals surface area contributed by atoms with Crippen LogP contribution in [-0.4, -0.2) is 44.4 Å². The molecule has 1 aromatic heterocycles. The van der Waals surface area contributed by atoms with E-state index in [1.54, 1.807) is 6.20 Å². The maximum Gasteiger partial charge on any atom is 0.257 e. The number of aliphatic hydroxyl groups is 1. The lowest BCUT2D eigenvalue weighted by molar-refractivity contribution is 0.0557. The molecular weight excluding hydrogens is 314 g/mol. The summed E-state index contributed by atoms with van der Waals surface area (Å²) in [6, 6.07) is 10.5. The number of rotatable bonds is 5. The molecule has 2 aliphatic heterocycles. The number of aromatic nitrogens is 2. The van der Waals surface area contributed by atoms with Crippen LogP contribution < -0.4 is 0 Å². The molecule has 0 spiro atoms. The van der Waals surface area contributed by atoms with Gasteiger partial charge < -0.3 is 10.0 Å². The van der Waals surface area contributed by atoms with Crippen LogP contribution in [-0.2, 0) is 6.54 Å². The van der Waals surface area contributed by atoms with Gasteiger partial charge in [-0.15, -0.1) is 0 Å². The van der Waals surface area contributed by atoms with E-state index < -0.39 is 0 Å². The molecule has 0 aliphatic carbocycles. The van der Waals surface area contributed by atoms with E-state index in [2.05, 4.69) is 24.2 Å². The molecule has 25 heavy (non-hydrogen) atoms. The van der Waals surface area contributed by atoms with Gasteiger partial charge in [0.1, 0.15) is 0 Å². The number of fused-ring (bicyclic) bond motifs is 2. The number of carbonyl (C=O) groups excluding carboxylic acids is 1. The average molecular weight is 339 g/mol. The van der Waals surface area contributed by atoms with Gasteiger partial charge in [0.25, 0.3) is 5.91 Å². The first-order valence-corrected chi connectivity index (χ1v) is 9.17. The molecule has 4 rings (SSSR count). The van der Waals surface area contributed by atoms with E-state index in [0.717, 1.165) is 31.2 Å². The van der Waals surface area contributed by atoms with Gasteiger partial charge in [-0.05, 0) is 31.2 Å². The minimum atomic E-state index is -0.112. The summed E-state index contributed by atoms with van der Waals surface area (Å²) < 4.78 is 1.82. The zero-order chi connectivity index (χ0) is 17.4. The Morgan fingerprint density at radius 1 is 1.32 bits per heavy atom. The number of amides is 1. The quantitative estimate of drug-likeness (QED) is 0.911. The monoisotopic (exact) mass is 339 g/mol. The van der Waals surface area contributed by atoms with Gasteiger partial charge >= 0.3 is 0 Å². The van der Waals surface area contributed by atoms with Crippen molar-refractivity contribution < 1.29 is 9.90 Å². The van der Waals surface area contributed by atoms with Crippen molar-refractivity contribution >= 4 is 5.91 Å². The third-order valence-electron chi connectivity index (χ3n) is 6.17. The molecule has 3 heterocycles. The SMILES string of the molecule is CC[C@@]1(CO)C[C@@H]2CC[C@H]1N2C(=O)c1cnn(Cc2ccccc2)c1. The predicted molar refractivity (Wildman–Crippen MR) is 95.2 cm³/mol. The van der Waals surface area contributed by atoms with Crippen LogP contribution in [0.15, 0.2) is 42.7 Å². The molecule has 2 aromatic rings. The summed E-state index contributed by atoms with van der Waals surface area (Å²) in [6.45, 7) is 2.95. The summed E-state index contributed by atoms with van der Waals surface area (Å²) in [4.78, 5) is 15.1. The molecule has 3 atom stereocenters. The van der Waals surface area contributed by atoms with Gasteiger partial charge in [-0.25, -0.2) is 0 Å². The van der Waals surface area contributed by atoms with Crippen LogP contribution in [0.3, 0.4) is 0 Å². The van der Waals surface area contributed by atoms with Crippen LogP contribution in [0, 0.1) is 5.41 Å². The predicted octanol–water partition coefficient (Wildman–Crippen LogP) is 2.70. The highest BCUT2D eigenvalue weighted by Gasteiger charge is 2.56. The molecule has 2 saturated heterocycles. The lowest BCUT2D eigenvalue weighted by Crippen LogP contribution is -2.42. The largest absolute Gasteiger partial charge is 0.396 e. The molecule has 1 aromatic carbocycles. The van der Waals surface area contributed by atoms with Crippen LogP contribution in [0.5, 0.6) is 0 Å². The highest BCUT2D eigenvalue weighted by Crippen LogP contribution is 2.51. The van der Waals surface area contributed by atoms with E-state index in [4.69, 9.17) is 0 Å². The van der Waals surface area contributed by atoms with Crippen LogP contribution in [0.4, 0.5) is 0 Å². The molecular formula is C20H25N3O2. The molecule has 1 N–H and O–H groups in total. The third-order valence-corrected chi connectivity index (χ3v) is 6.17. The molecule has 0 unspecified atom stereocenters. The van der Waals surface area contributed by atoms with Crippen LogP contribution in [0.1, 0.15) is 48.5 Å². The number of carbonyl (C=O) groups is 1. The maximum atomic E-state index is 13.1. The fourth-order valence-electron chi connectivity index (χ4n) is 4.74. The lowest BCUT2D eigenvalue weighted by Gasteiger charge is -2.34. The van der Waals surface area contributed by atoms with E-state index in [-0.39, 0.29) is 30.0 Å². The van der Waals surface area contributed by atoms with Crippen molar-refractivity contribution in [3.63, 3.8) is 0 Å². The van der Waals surface area contributed by atoms with E-state index >= 15 is 0 Å². The summed E-state index contributed by atoms with van der Waals surface area (Å²) in [5.74, 6) is 0.0654. The second-order valence-electron chi connectivity index (χ2n) is 7.45. The normalized spacial score (nSPS) is 27.8. The molecule has 2 fully saturated rings. The second kappa shape index (κ2) is 6.30. The molecule has 5 nitrogen and oxygen atoms in total. The van der Waals surface area contributed by atoms with E-state index in [0.29, 0.717) is 12.1 Å². The third kappa shape index (κ3) is 2.67. The fraction of sp³-hybridized carbons (Fsp3) is 0.500. The molecule has 132 valence electrons. The Labute approximate surface area is 148 Å². The summed E-state index contributed by atoms with van der Waals surface area (Å²) in [6.07, 6.45) is 7.42. The molecule has 2 bridgehead atoms. The van der Waals surface area contributed by atoms with E-state index in [9.17, 15) is 9.90 Å². The van der Waals surface area contributed by atoms with Crippen molar-refractivity contribution in [1.82, 2.24) is 14.7 Å². The van der Waals surface area contributed by atoms with Crippen LogP contribution >= 0.6 is 0 Å². The Balaban J connectivity index is 1.52. The Kier molecular flexibility index (Phi) is 4.12. The van der Waals surface area contributed by atoms with Gasteiger partial charge in [0.15, 0.2) is 0 Å². The molecule has 2 aliphatic rings. The van der Waals surface area contributed by atoms with Crippen molar-refractivity contribution in [1.29, 1.82) is 0 Å². The average Bonchev–Trinajstić information content (AvgIpc) is 3.35. The van der Waals surface area contributed by atoms with E-state index in [1.165, 1.54) is 0 Å².